The highest BCUT2D eigenvalue weighted by Crippen LogP contribution is 2.32. The zero-order valence-electron chi connectivity index (χ0n) is 14.7. The third-order valence-electron chi connectivity index (χ3n) is 3.92. The second-order valence-corrected chi connectivity index (χ2v) is 7.48. The number of anilines is 3. The lowest BCUT2D eigenvalue weighted by molar-refractivity contribution is 0.525. The maximum atomic E-state index is 5.93. The van der Waals surface area contributed by atoms with Crippen molar-refractivity contribution in [2.45, 2.75) is 4.90 Å². The minimum absolute atomic E-state index is 0.488. The molecule has 1 N–H and O–H groups in total. The van der Waals surface area contributed by atoms with Crippen molar-refractivity contribution in [3.8, 4) is 5.75 Å². The number of hydrogen-bond acceptors (Lipinski definition) is 7. The SMILES string of the molecule is CSc1cccc(Nc2ncc3c(n2)N(C)N=C(c2ccccc2Br)O3)c1. The van der Waals surface area contributed by atoms with Gasteiger partial charge in [-0.1, -0.05) is 18.2 Å². The summed E-state index contributed by atoms with van der Waals surface area (Å²) in [7, 11) is 1.84. The van der Waals surface area contributed by atoms with Crippen LogP contribution in [0.4, 0.5) is 17.5 Å². The largest absolute Gasteiger partial charge is 0.431 e. The van der Waals surface area contributed by atoms with Crippen LogP contribution in [-0.2, 0) is 0 Å². The van der Waals surface area contributed by atoms with Gasteiger partial charge in [-0.05, 0) is 52.5 Å². The van der Waals surface area contributed by atoms with E-state index in [9.17, 15) is 0 Å². The Bertz CT molecular complexity index is 1030. The molecule has 8 heteroatoms. The monoisotopic (exact) mass is 441 g/mol. The van der Waals surface area contributed by atoms with Gasteiger partial charge in [-0.3, -0.25) is 0 Å². The number of nitrogens with one attached hydrogen (secondary N) is 1. The highest BCUT2D eigenvalue weighted by molar-refractivity contribution is 9.10. The van der Waals surface area contributed by atoms with Gasteiger partial charge in [0.05, 0.1) is 11.8 Å². The zero-order valence-corrected chi connectivity index (χ0v) is 17.1. The normalized spacial score (nSPS) is 12.9. The summed E-state index contributed by atoms with van der Waals surface area (Å²) >= 11 is 5.22. The van der Waals surface area contributed by atoms with E-state index in [-0.39, 0.29) is 0 Å². The number of benzene rings is 2. The summed E-state index contributed by atoms with van der Waals surface area (Å²) in [6.45, 7) is 0. The number of halogens is 1. The molecule has 27 heavy (non-hydrogen) atoms. The van der Waals surface area contributed by atoms with Crippen molar-refractivity contribution in [2.75, 3.05) is 23.6 Å². The summed E-state index contributed by atoms with van der Waals surface area (Å²) in [4.78, 5) is 10.1. The van der Waals surface area contributed by atoms with Crippen molar-refractivity contribution >= 4 is 51.0 Å². The number of hydrazone groups is 1. The van der Waals surface area contributed by atoms with Gasteiger partial charge in [0.2, 0.25) is 11.8 Å². The first-order valence-corrected chi connectivity index (χ1v) is 10.2. The van der Waals surface area contributed by atoms with Crippen molar-refractivity contribution < 1.29 is 4.74 Å². The highest BCUT2D eigenvalue weighted by atomic mass is 79.9. The van der Waals surface area contributed by atoms with Crippen LogP contribution in [0.5, 0.6) is 5.75 Å². The summed E-state index contributed by atoms with van der Waals surface area (Å²) in [6.07, 6.45) is 3.70. The summed E-state index contributed by atoms with van der Waals surface area (Å²) in [5, 5.41) is 9.43. The van der Waals surface area contributed by atoms with E-state index in [1.54, 1.807) is 23.0 Å². The first-order valence-electron chi connectivity index (χ1n) is 8.17. The number of ether oxygens (including phenoxy) is 1. The number of nitrogens with zero attached hydrogens (tertiary/aromatic N) is 4. The van der Waals surface area contributed by atoms with Crippen molar-refractivity contribution in [1.29, 1.82) is 0 Å². The number of aromatic nitrogens is 2. The van der Waals surface area contributed by atoms with Crippen molar-refractivity contribution in [3.63, 3.8) is 0 Å². The molecule has 2 heterocycles. The summed E-state index contributed by atoms with van der Waals surface area (Å²) in [5.74, 6) is 2.14. The molecular weight excluding hydrogens is 426 g/mol. The molecule has 0 fully saturated rings. The predicted molar refractivity (Wildman–Crippen MR) is 113 cm³/mol. The van der Waals surface area contributed by atoms with Crippen LogP contribution in [0.1, 0.15) is 5.56 Å². The Kier molecular flexibility index (Phi) is 5.00. The Morgan fingerprint density at radius 3 is 2.81 bits per heavy atom. The smallest absolute Gasteiger partial charge is 0.245 e. The maximum Gasteiger partial charge on any atom is 0.245 e. The van der Waals surface area contributed by atoms with Crippen LogP contribution in [0.2, 0.25) is 0 Å². The minimum atomic E-state index is 0.488. The van der Waals surface area contributed by atoms with Crippen LogP contribution < -0.4 is 15.1 Å². The second-order valence-electron chi connectivity index (χ2n) is 5.75. The van der Waals surface area contributed by atoms with Gasteiger partial charge in [0.15, 0.2) is 11.6 Å². The van der Waals surface area contributed by atoms with E-state index in [4.69, 9.17) is 4.74 Å². The molecule has 0 unspecified atom stereocenters. The fraction of sp³-hybridized carbons (Fsp3) is 0.105. The molecule has 0 aliphatic carbocycles. The van der Waals surface area contributed by atoms with E-state index >= 15 is 0 Å². The molecule has 3 aromatic rings. The maximum absolute atomic E-state index is 5.93. The van der Waals surface area contributed by atoms with Gasteiger partial charge in [-0.25, -0.2) is 9.99 Å². The molecule has 0 spiro atoms. The molecule has 0 amide bonds. The van der Waals surface area contributed by atoms with Gasteiger partial charge < -0.3 is 10.1 Å². The number of hydrogen-bond donors (Lipinski definition) is 1. The van der Waals surface area contributed by atoms with Crippen LogP contribution in [0.3, 0.4) is 0 Å². The first kappa shape index (κ1) is 17.8. The summed E-state index contributed by atoms with van der Waals surface area (Å²) < 4.78 is 6.84. The van der Waals surface area contributed by atoms with Crippen LogP contribution >= 0.6 is 27.7 Å². The van der Waals surface area contributed by atoms with Crippen LogP contribution in [0, 0.1) is 0 Å². The molecule has 0 saturated carbocycles. The third kappa shape index (κ3) is 3.77. The fourth-order valence-electron chi connectivity index (χ4n) is 2.61. The molecule has 0 saturated heterocycles. The lowest BCUT2D eigenvalue weighted by Crippen LogP contribution is -2.26. The number of rotatable bonds is 4. The van der Waals surface area contributed by atoms with Gasteiger partial charge in [-0.2, -0.15) is 4.98 Å². The molecule has 0 radical (unpaired) electrons. The topological polar surface area (TPSA) is 62.6 Å². The van der Waals surface area contributed by atoms with Crippen LogP contribution in [-0.4, -0.2) is 29.2 Å². The lowest BCUT2D eigenvalue weighted by Gasteiger charge is -2.23. The third-order valence-corrected chi connectivity index (χ3v) is 5.34. The molecule has 6 nitrogen and oxygen atoms in total. The van der Waals surface area contributed by atoms with Gasteiger partial charge in [-0.15, -0.1) is 16.9 Å². The van der Waals surface area contributed by atoms with Gasteiger partial charge in [0.1, 0.15) is 0 Å². The summed E-state index contributed by atoms with van der Waals surface area (Å²) in [6, 6.07) is 15.9. The molecule has 0 atom stereocenters. The minimum Gasteiger partial charge on any atom is -0.431 e. The highest BCUT2D eigenvalue weighted by Gasteiger charge is 2.23. The van der Waals surface area contributed by atoms with Gasteiger partial charge in [0.25, 0.3) is 0 Å². The fourth-order valence-corrected chi connectivity index (χ4v) is 3.52. The molecule has 136 valence electrons. The van der Waals surface area contributed by atoms with E-state index in [1.807, 2.05) is 49.7 Å². The van der Waals surface area contributed by atoms with Crippen molar-refractivity contribution in [1.82, 2.24) is 9.97 Å². The number of fused-ring (bicyclic) bond motifs is 1. The average Bonchev–Trinajstić information content (AvgIpc) is 2.69. The Morgan fingerprint density at radius 2 is 2.00 bits per heavy atom. The van der Waals surface area contributed by atoms with Gasteiger partial charge >= 0.3 is 0 Å². The first-order chi connectivity index (χ1) is 13.1. The van der Waals surface area contributed by atoms with E-state index in [0.29, 0.717) is 23.4 Å². The number of thioether (sulfide) groups is 1. The van der Waals surface area contributed by atoms with Gasteiger partial charge in [0, 0.05) is 22.1 Å². The van der Waals surface area contributed by atoms with Crippen molar-refractivity contribution in [3.05, 3.63) is 64.8 Å². The Labute approximate surface area is 169 Å². The lowest BCUT2D eigenvalue weighted by atomic mass is 10.2. The second kappa shape index (κ2) is 7.58. The molecular formula is C19H16BrN5OS. The summed E-state index contributed by atoms with van der Waals surface area (Å²) in [5.41, 5.74) is 1.80. The zero-order chi connectivity index (χ0) is 18.8. The van der Waals surface area contributed by atoms with Crippen LogP contribution in [0.25, 0.3) is 0 Å². The van der Waals surface area contributed by atoms with E-state index < -0.39 is 0 Å². The standard InChI is InChI=1S/C19H16BrN5OS/c1-25-17-16(26-18(24-25)14-8-3-4-9-15(14)20)11-21-19(23-17)22-12-6-5-7-13(10-12)27-2/h3-11H,1-2H3,(H,21,22,23). The van der Waals surface area contributed by atoms with E-state index in [1.165, 1.54) is 4.90 Å². The van der Waals surface area contributed by atoms with Crippen LogP contribution in [0.15, 0.2) is 69.2 Å². The van der Waals surface area contributed by atoms with Crippen molar-refractivity contribution in [2.24, 2.45) is 5.10 Å². The molecule has 2 aromatic carbocycles. The molecule has 1 aromatic heterocycles. The average molecular weight is 442 g/mol. The van der Waals surface area contributed by atoms with E-state index in [2.05, 4.69) is 48.4 Å². The molecule has 1 aliphatic rings. The molecule has 4 rings (SSSR count). The van der Waals surface area contributed by atoms with E-state index in [0.717, 1.165) is 15.7 Å². The predicted octanol–water partition coefficient (Wildman–Crippen LogP) is 4.90. The molecule has 0 bridgehead atoms. The Balaban J connectivity index is 1.61. The quantitative estimate of drug-likeness (QED) is 0.581. The molecule has 1 aliphatic heterocycles. The Morgan fingerprint density at radius 1 is 1.15 bits per heavy atom. The Hall–Kier alpha value is -2.58.